The van der Waals surface area contributed by atoms with Crippen LogP contribution in [0.3, 0.4) is 0 Å². The van der Waals surface area contributed by atoms with Gasteiger partial charge in [0, 0.05) is 37.9 Å². The first kappa shape index (κ1) is 17.2. The minimum Gasteiger partial charge on any atom is -0.475 e. The molecule has 0 amide bonds. The molecule has 0 radical (unpaired) electrons. The van der Waals surface area contributed by atoms with Crippen molar-refractivity contribution >= 4 is 11.7 Å². The maximum atomic E-state index is 12.9. The summed E-state index contributed by atoms with van der Waals surface area (Å²) in [5, 5.41) is 10.3. The summed E-state index contributed by atoms with van der Waals surface area (Å²) in [5.41, 5.74) is 0.755. The summed E-state index contributed by atoms with van der Waals surface area (Å²) in [6.07, 6.45) is -5.08. The van der Waals surface area contributed by atoms with Crippen LogP contribution in [-0.4, -0.2) is 43.4 Å². The highest BCUT2D eigenvalue weighted by Gasteiger charge is 2.38. The first-order chi connectivity index (χ1) is 9.71. The number of halogens is 5. The van der Waals surface area contributed by atoms with Crippen LogP contribution in [0.1, 0.15) is 0 Å². The number of alkyl halides is 3. The fraction of sp³-hybridized carbons (Fsp3) is 0.417. The Morgan fingerprint density at radius 3 is 2.10 bits per heavy atom. The van der Waals surface area contributed by atoms with Crippen LogP contribution in [0.5, 0.6) is 0 Å². The van der Waals surface area contributed by atoms with Crippen LogP contribution in [-0.2, 0) is 4.79 Å². The average Bonchev–Trinajstić information content (AvgIpc) is 2.42. The smallest absolute Gasteiger partial charge is 0.475 e. The number of nitrogens with zero attached hydrogens (tertiary/aromatic N) is 1. The van der Waals surface area contributed by atoms with Crippen molar-refractivity contribution in [1.82, 2.24) is 5.32 Å². The molecule has 1 aliphatic heterocycles. The molecule has 1 aliphatic rings. The number of nitrogens with one attached hydrogen (secondary N) is 1. The van der Waals surface area contributed by atoms with Crippen molar-refractivity contribution in [2.45, 2.75) is 6.18 Å². The summed E-state index contributed by atoms with van der Waals surface area (Å²) in [7, 11) is 0. The Labute approximate surface area is 117 Å². The highest BCUT2D eigenvalue weighted by Crippen LogP contribution is 2.18. The van der Waals surface area contributed by atoms with Gasteiger partial charge in [-0.25, -0.2) is 13.6 Å². The zero-order valence-electron chi connectivity index (χ0n) is 10.8. The Balaban J connectivity index is 0.000000270. The van der Waals surface area contributed by atoms with Gasteiger partial charge >= 0.3 is 12.1 Å². The van der Waals surface area contributed by atoms with Crippen LogP contribution < -0.4 is 10.2 Å². The van der Waals surface area contributed by atoms with E-state index >= 15 is 0 Å². The minimum atomic E-state index is -5.08. The topological polar surface area (TPSA) is 52.6 Å². The van der Waals surface area contributed by atoms with Gasteiger partial charge in [-0.05, 0) is 12.1 Å². The van der Waals surface area contributed by atoms with Crippen molar-refractivity contribution in [1.29, 1.82) is 0 Å². The van der Waals surface area contributed by atoms with E-state index in [0.717, 1.165) is 31.9 Å². The summed E-state index contributed by atoms with van der Waals surface area (Å²) >= 11 is 0. The molecule has 9 heteroatoms. The van der Waals surface area contributed by atoms with Crippen LogP contribution in [0, 0.1) is 11.6 Å². The number of hydrogen-bond donors (Lipinski definition) is 2. The van der Waals surface area contributed by atoms with Crippen LogP contribution in [0.25, 0.3) is 0 Å². The number of hydrogen-bond acceptors (Lipinski definition) is 3. The second-order valence-corrected chi connectivity index (χ2v) is 4.14. The molecule has 21 heavy (non-hydrogen) atoms. The lowest BCUT2D eigenvalue weighted by Crippen LogP contribution is -2.43. The van der Waals surface area contributed by atoms with E-state index < -0.39 is 23.8 Å². The van der Waals surface area contributed by atoms with Crippen molar-refractivity contribution in [3.05, 3.63) is 29.8 Å². The quantitative estimate of drug-likeness (QED) is 0.779. The van der Waals surface area contributed by atoms with Gasteiger partial charge in [0.2, 0.25) is 0 Å². The number of carboxylic acids is 1. The average molecular weight is 312 g/mol. The molecule has 2 rings (SSSR count). The Morgan fingerprint density at radius 2 is 1.67 bits per heavy atom. The molecule has 1 saturated heterocycles. The van der Waals surface area contributed by atoms with Gasteiger partial charge in [-0.2, -0.15) is 13.2 Å². The molecule has 0 unspecified atom stereocenters. The van der Waals surface area contributed by atoms with E-state index in [1.807, 2.05) is 4.90 Å². The maximum Gasteiger partial charge on any atom is 0.490 e. The van der Waals surface area contributed by atoms with E-state index in [4.69, 9.17) is 9.90 Å². The lowest BCUT2D eigenvalue weighted by Gasteiger charge is -2.29. The number of rotatable bonds is 1. The van der Waals surface area contributed by atoms with E-state index in [2.05, 4.69) is 5.32 Å². The van der Waals surface area contributed by atoms with Gasteiger partial charge in [-0.15, -0.1) is 0 Å². The van der Waals surface area contributed by atoms with Crippen molar-refractivity contribution in [3.8, 4) is 0 Å². The van der Waals surface area contributed by atoms with Gasteiger partial charge in [-0.3, -0.25) is 0 Å². The van der Waals surface area contributed by atoms with Gasteiger partial charge in [0.25, 0.3) is 0 Å². The number of carbonyl (C=O) groups is 1. The van der Waals surface area contributed by atoms with Crippen LogP contribution in [0.15, 0.2) is 18.2 Å². The van der Waals surface area contributed by atoms with Crippen LogP contribution in [0.2, 0.25) is 0 Å². The number of piperazine rings is 1. The van der Waals surface area contributed by atoms with Crippen LogP contribution >= 0.6 is 0 Å². The van der Waals surface area contributed by atoms with E-state index in [-0.39, 0.29) is 0 Å². The van der Waals surface area contributed by atoms with Crippen molar-refractivity contribution in [2.24, 2.45) is 0 Å². The Bertz CT molecular complexity index is 487. The summed E-state index contributed by atoms with van der Waals surface area (Å²) in [5.74, 6) is -4.32. The van der Waals surface area contributed by atoms with Gasteiger partial charge in [-0.1, -0.05) is 0 Å². The van der Waals surface area contributed by atoms with Crippen molar-refractivity contribution in [3.63, 3.8) is 0 Å². The molecule has 1 fully saturated rings. The number of benzene rings is 1. The van der Waals surface area contributed by atoms with Crippen molar-refractivity contribution in [2.75, 3.05) is 31.1 Å². The molecule has 0 saturated carbocycles. The molecular formula is C12H13F5N2O2. The monoisotopic (exact) mass is 312 g/mol. The molecule has 1 heterocycles. The Hall–Kier alpha value is -1.90. The first-order valence-electron chi connectivity index (χ1n) is 5.92. The molecule has 0 aromatic heterocycles. The van der Waals surface area contributed by atoms with E-state index in [9.17, 15) is 22.0 Å². The number of aliphatic carboxylic acids is 1. The first-order valence-corrected chi connectivity index (χ1v) is 5.92. The minimum absolute atomic E-state index is 0.755. The molecule has 0 spiro atoms. The normalized spacial score (nSPS) is 15.2. The third-order valence-electron chi connectivity index (χ3n) is 2.63. The highest BCUT2D eigenvalue weighted by molar-refractivity contribution is 5.73. The van der Waals surface area contributed by atoms with Gasteiger partial charge in [0.05, 0.1) is 0 Å². The van der Waals surface area contributed by atoms with Crippen LogP contribution in [0.4, 0.5) is 27.6 Å². The van der Waals surface area contributed by atoms with Gasteiger partial charge in [0.1, 0.15) is 0 Å². The molecule has 118 valence electrons. The fourth-order valence-electron chi connectivity index (χ4n) is 1.60. The zero-order chi connectivity index (χ0) is 16.0. The van der Waals surface area contributed by atoms with Gasteiger partial charge < -0.3 is 15.3 Å². The predicted octanol–water partition coefficient (Wildman–Crippen LogP) is 2.01. The Morgan fingerprint density at radius 1 is 1.14 bits per heavy atom. The highest BCUT2D eigenvalue weighted by atomic mass is 19.4. The summed E-state index contributed by atoms with van der Waals surface area (Å²) < 4.78 is 57.3. The summed E-state index contributed by atoms with van der Waals surface area (Å²) in [6.45, 7) is 3.45. The number of anilines is 1. The third kappa shape index (κ3) is 5.54. The molecular weight excluding hydrogens is 299 g/mol. The molecule has 1 aromatic carbocycles. The molecule has 1 aromatic rings. The standard InChI is InChI=1S/C10H12F2N2.C2HF3O2/c11-9-2-1-8(7-10(9)12)14-5-3-13-4-6-14;3-2(4,5)1(6)7/h1-2,7,13H,3-6H2;(H,6,7). The van der Waals surface area contributed by atoms with E-state index in [1.165, 1.54) is 12.1 Å². The largest absolute Gasteiger partial charge is 0.490 e. The molecule has 4 nitrogen and oxygen atoms in total. The Kier molecular flexibility index (Phi) is 5.89. The molecule has 0 atom stereocenters. The lowest BCUT2D eigenvalue weighted by molar-refractivity contribution is -0.192. The second-order valence-electron chi connectivity index (χ2n) is 4.14. The molecule has 0 bridgehead atoms. The second kappa shape index (κ2) is 7.21. The van der Waals surface area contributed by atoms with Crippen molar-refractivity contribution < 1.29 is 31.9 Å². The fourth-order valence-corrected chi connectivity index (χ4v) is 1.60. The SMILES string of the molecule is Fc1ccc(N2CCNCC2)cc1F.O=C(O)C(F)(F)F. The molecule has 0 aliphatic carbocycles. The maximum absolute atomic E-state index is 12.9. The zero-order valence-corrected chi connectivity index (χ0v) is 10.8. The lowest BCUT2D eigenvalue weighted by atomic mass is 10.2. The summed E-state index contributed by atoms with van der Waals surface area (Å²) in [4.78, 5) is 10.9. The number of carboxylic acid groups (broad SMARTS) is 1. The summed E-state index contributed by atoms with van der Waals surface area (Å²) in [6, 6.07) is 4.04. The van der Waals surface area contributed by atoms with E-state index in [0.29, 0.717) is 0 Å². The third-order valence-corrected chi connectivity index (χ3v) is 2.63. The molecule has 2 N–H and O–H groups in total. The van der Waals surface area contributed by atoms with Gasteiger partial charge in [0.15, 0.2) is 11.6 Å². The predicted molar refractivity (Wildman–Crippen MR) is 65.1 cm³/mol. The van der Waals surface area contributed by atoms with E-state index in [1.54, 1.807) is 6.07 Å².